The topological polar surface area (TPSA) is 47.6 Å². The molecule has 1 N–H and O–H groups in total. The molecule has 0 radical (unpaired) electrons. The summed E-state index contributed by atoms with van der Waals surface area (Å²) < 4.78 is 10.7. The van der Waals surface area contributed by atoms with E-state index in [4.69, 9.17) is 9.47 Å². The summed E-state index contributed by atoms with van der Waals surface area (Å²) in [5.41, 5.74) is -0.591. The van der Waals surface area contributed by atoms with Crippen molar-refractivity contribution in [3.63, 3.8) is 0 Å². The molecule has 0 saturated heterocycles. The lowest BCUT2D eigenvalue weighted by Gasteiger charge is -2.28. The molecule has 0 aromatic heterocycles. The molecule has 0 saturated carbocycles. The Balaban J connectivity index is 3.97. The minimum absolute atomic E-state index is 0.168. The van der Waals surface area contributed by atoms with Crippen molar-refractivity contribution in [2.24, 2.45) is 5.92 Å². The summed E-state index contributed by atoms with van der Waals surface area (Å²) in [5.74, 6) is 0.505. The van der Waals surface area contributed by atoms with E-state index in [0.717, 1.165) is 32.4 Å². The van der Waals surface area contributed by atoms with Crippen LogP contribution in [0.25, 0.3) is 0 Å². The highest BCUT2D eigenvalue weighted by molar-refractivity contribution is 5.80. The van der Waals surface area contributed by atoms with Crippen LogP contribution in [0.5, 0.6) is 0 Å². The number of ether oxygens (including phenoxy) is 2. The summed E-state index contributed by atoms with van der Waals surface area (Å²) in [5, 5.41) is 3.22. The first-order chi connectivity index (χ1) is 8.96. The molecule has 4 heteroatoms. The Hall–Kier alpha value is -0.610. The maximum atomic E-state index is 11.9. The third-order valence-electron chi connectivity index (χ3n) is 3.10. The average molecular weight is 273 g/mol. The minimum Gasteiger partial charge on any atom is -0.465 e. The molecule has 114 valence electrons. The van der Waals surface area contributed by atoms with Crippen molar-refractivity contribution < 1.29 is 14.3 Å². The molecular formula is C15H31NO3. The Morgan fingerprint density at radius 1 is 1.26 bits per heavy atom. The zero-order valence-electron chi connectivity index (χ0n) is 13.3. The van der Waals surface area contributed by atoms with Gasteiger partial charge in [-0.2, -0.15) is 0 Å². The first-order valence-corrected chi connectivity index (χ1v) is 7.46. The van der Waals surface area contributed by atoms with E-state index in [2.05, 4.69) is 19.2 Å². The van der Waals surface area contributed by atoms with Crippen molar-refractivity contribution >= 4 is 5.97 Å². The van der Waals surface area contributed by atoms with Crippen molar-refractivity contribution in [3.8, 4) is 0 Å². The molecular weight excluding hydrogens is 242 g/mol. The molecule has 0 fully saturated rings. The lowest BCUT2D eigenvalue weighted by atomic mass is 9.96. The molecule has 0 rings (SSSR count). The molecule has 19 heavy (non-hydrogen) atoms. The van der Waals surface area contributed by atoms with Crippen LogP contribution in [-0.4, -0.2) is 37.9 Å². The fraction of sp³-hybridized carbons (Fsp3) is 0.933. The van der Waals surface area contributed by atoms with Gasteiger partial charge in [-0.25, -0.2) is 0 Å². The average Bonchev–Trinajstić information content (AvgIpc) is 2.34. The Morgan fingerprint density at radius 3 is 2.47 bits per heavy atom. The molecule has 0 aromatic rings. The first kappa shape index (κ1) is 18.4. The van der Waals surface area contributed by atoms with Crippen LogP contribution in [0.1, 0.15) is 53.9 Å². The summed E-state index contributed by atoms with van der Waals surface area (Å²) in [4.78, 5) is 11.9. The van der Waals surface area contributed by atoms with Gasteiger partial charge in [-0.1, -0.05) is 20.8 Å². The normalized spacial score (nSPS) is 14.4. The van der Waals surface area contributed by atoms with Crippen molar-refractivity contribution in [3.05, 3.63) is 0 Å². The van der Waals surface area contributed by atoms with Gasteiger partial charge >= 0.3 is 5.97 Å². The quantitative estimate of drug-likeness (QED) is 0.464. The van der Waals surface area contributed by atoms with E-state index in [1.54, 1.807) is 0 Å². The minimum atomic E-state index is -0.591. The fourth-order valence-corrected chi connectivity index (χ4v) is 1.89. The van der Waals surface area contributed by atoms with Gasteiger partial charge in [0.15, 0.2) is 0 Å². The maximum Gasteiger partial charge on any atom is 0.326 e. The van der Waals surface area contributed by atoms with Gasteiger partial charge in [0.2, 0.25) is 0 Å². The van der Waals surface area contributed by atoms with E-state index in [-0.39, 0.29) is 5.97 Å². The zero-order valence-corrected chi connectivity index (χ0v) is 13.3. The molecule has 0 aliphatic rings. The Labute approximate surface area is 118 Å². The molecule has 1 atom stereocenters. The van der Waals surface area contributed by atoms with Gasteiger partial charge < -0.3 is 14.8 Å². The number of carbonyl (C=O) groups is 1. The largest absolute Gasteiger partial charge is 0.465 e. The summed E-state index contributed by atoms with van der Waals surface area (Å²) in [6, 6.07) is 0. The van der Waals surface area contributed by atoms with Crippen molar-refractivity contribution in [2.45, 2.75) is 59.4 Å². The van der Waals surface area contributed by atoms with E-state index in [0.29, 0.717) is 19.1 Å². The first-order valence-electron chi connectivity index (χ1n) is 7.46. The van der Waals surface area contributed by atoms with E-state index in [1.165, 1.54) is 0 Å². The van der Waals surface area contributed by atoms with Crippen LogP contribution >= 0.6 is 0 Å². The van der Waals surface area contributed by atoms with Crippen molar-refractivity contribution in [1.82, 2.24) is 5.32 Å². The number of carbonyl (C=O) groups excluding carboxylic acids is 1. The third-order valence-corrected chi connectivity index (χ3v) is 3.10. The summed E-state index contributed by atoms with van der Waals surface area (Å²) in [6.07, 6.45) is 2.68. The van der Waals surface area contributed by atoms with Gasteiger partial charge in [0.25, 0.3) is 0 Å². The third kappa shape index (κ3) is 8.22. The van der Waals surface area contributed by atoms with Crippen molar-refractivity contribution in [2.75, 3.05) is 26.4 Å². The second-order valence-electron chi connectivity index (χ2n) is 5.48. The van der Waals surface area contributed by atoms with E-state index >= 15 is 0 Å². The van der Waals surface area contributed by atoms with Crippen LogP contribution in [0.2, 0.25) is 0 Å². The Morgan fingerprint density at radius 2 is 1.95 bits per heavy atom. The molecule has 1 unspecified atom stereocenters. The molecule has 0 aliphatic heterocycles. The smallest absolute Gasteiger partial charge is 0.326 e. The number of likely N-dealkylation sites (N-methyl/N-ethyl adjacent to an activating group) is 1. The van der Waals surface area contributed by atoms with Gasteiger partial charge in [-0.15, -0.1) is 0 Å². The highest BCUT2D eigenvalue weighted by Gasteiger charge is 2.32. The lowest BCUT2D eigenvalue weighted by Crippen LogP contribution is -2.50. The number of hydrogen-bond donors (Lipinski definition) is 1. The second kappa shape index (κ2) is 10.2. The molecule has 4 nitrogen and oxygen atoms in total. The molecule has 0 aliphatic carbocycles. The number of esters is 1. The highest BCUT2D eigenvalue weighted by Crippen LogP contribution is 2.15. The highest BCUT2D eigenvalue weighted by atomic mass is 16.5. The summed E-state index contributed by atoms with van der Waals surface area (Å²) >= 11 is 0. The molecule has 0 heterocycles. The summed E-state index contributed by atoms with van der Waals surface area (Å²) in [6.45, 7) is 12.8. The Bertz CT molecular complexity index is 244. The Kier molecular flexibility index (Phi) is 9.88. The predicted molar refractivity (Wildman–Crippen MR) is 78.2 cm³/mol. The van der Waals surface area contributed by atoms with Gasteiger partial charge in [0.1, 0.15) is 5.54 Å². The molecule has 0 amide bonds. The number of nitrogens with one attached hydrogen (secondary N) is 1. The maximum absolute atomic E-state index is 11.9. The van der Waals surface area contributed by atoms with Crippen LogP contribution in [-0.2, 0) is 14.3 Å². The SMILES string of the molecule is CCNC(C)(CCCOCCC(C)C)C(=O)OCC. The monoisotopic (exact) mass is 273 g/mol. The van der Waals surface area contributed by atoms with Crippen LogP contribution in [0.15, 0.2) is 0 Å². The predicted octanol–water partition coefficient (Wildman–Crippen LogP) is 2.76. The van der Waals surface area contributed by atoms with E-state index in [9.17, 15) is 4.79 Å². The van der Waals surface area contributed by atoms with Gasteiger partial charge in [-0.05, 0) is 45.6 Å². The number of hydrogen-bond acceptors (Lipinski definition) is 4. The molecule has 0 aromatic carbocycles. The second-order valence-corrected chi connectivity index (χ2v) is 5.48. The van der Waals surface area contributed by atoms with E-state index in [1.807, 2.05) is 20.8 Å². The van der Waals surface area contributed by atoms with Crippen LogP contribution in [0.3, 0.4) is 0 Å². The van der Waals surface area contributed by atoms with Crippen molar-refractivity contribution in [1.29, 1.82) is 0 Å². The van der Waals surface area contributed by atoms with E-state index < -0.39 is 5.54 Å². The van der Waals surface area contributed by atoms with Gasteiger partial charge in [-0.3, -0.25) is 4.79 Å². The molecule has 0 spiro atoms. The van der Waals surface area contributed by atoms with Gasteiger partial charge in [0, 0.05) is 13.2 Å². The fourth-order valence-electron chi connectivity index (χ4n) is 1.89. The van der Waals surface area contributed by atoms with Crippen LogP contribution in [0.4, 0.5) is 0 Å². The molecule has 0 bridgehead atoms. The summed E-state index contributed by atoms with van der Waals surface area (Å²) in [7, 11) is 0. The van der Waals surface area contributed by atoms with Crippen LogP contribution < -0.4 is 5.32 Å². The van der Waals surface area contributed by atoms with Crippen LogP contribution in [0, 0.1) is 5.92 Å². The van der Waals surface area contributed by atoms with Gasteiger partial charge in [0.05, 0.1) is 6.61 Å². The number of rotatable bonds is 11. The standard InChI is InChI=1S/C15H31NO3/c1-6-16-15(5,14(17)19-7-2)10-8-11-18-12-9-13(3)4/h13,16H,6-12H2,1-5H3. The zero-order chi connectivity index (χ0) is 14.7. The lowest BCUT2D eigenvalue weighted by molar-refractivity contribution is -0.151.